The minimum atomic E-state index is -0.936. The highest BCUT2D eigenvalue weighted by atomic mass is 127. The van der Waals surface area contributed by atoms with E-state index in [1.807, 2.05) is 13.8 Å². The number of aliphatic imine (C=N–C) groups is 1. The van der Waals surface area contributed by atoms with Crippen LogP contribution in [0.1, 0.15) is 26.7 Å². The fourth-order valence-electron chi connectivity index (χ4n) is 2.89. The van der Waals surface area contributed by atoms with Crippen LogP contribution in [0, 0.1) is 17.6 Å². The van der Waals surface area contributed by atoms with Crippen LogP contribution in [0.4, 0.5) is 8.78 Å². The van der Waals surface area contributed by atoms with Gasteiger partial charge in [-0.25, -0.2) is 13.8 Å². The van der Waals surface area contributed by atoms with Crippen molar-refractivity contribution in [3.05, 3.63) is 29.8 Å². The summed E-state index contributed by atoms with van der Waals surface area (Å²) in [6, 6.07) is 3.43. The molecule has 0 atom stereocenters. The van der Waals surface area contributed by atoms with Crippen LogP contribution in [0.25, 0.3) is 0 Å². The Hall–Kier alpha value is -1.65. The Balaban J connectivity index is 0.00000392. The first-order valence-electron chi connectivity index (χ1n) is 9.32. The van der Waals surface area contributed by atoms with Gasteiger partial charge >= 0.3 is 5.97 Å². The summed E-state index contributed by atoms with van der Waals surface area (Å²) >= 11 is 0. The maximum atomic E-state index is 13.2. The predicted molar refractivity (Wildman–Crippen MR) is 114 cm³/mol. The van der Waals surface area contributed by atoms with Gasteiger partial charge in [0, 0.05) is 25.7 Å². The van der Waals surface area contributed by atoms with E-state index in [2.05, 4.69) is 15.2 Å². The molecule has 9 heteroatoms. The Morgan fingerprint density at radius 2 is 1.96 bits per heavy atom. The highest BCUT2D eigenvalue weighted by Gasteiger charge is 2.27. The number of halogens is 3. The lowest BCUT2D eigenvalue weighted by Gasteiger charge is -2.33. The van der Waals surface area contributed by atoms with E-state index in [0.717, 1.165) is 50.6 Å². The molecule has 0 saturated carbocycles. The zero-order chi connectivity index (χ0) is 19.6. The summed E-state index contributed by atoms with van der Waals surface area (Å²) in [5.74, 6) is -0.993. The topological polar surface area (TPSA) is 63.2 Å². The monoisotopic (exact) mass is 511 g/mol. The van der Waals surface area contributed by atoms with Gasteiger partial charge < -0.3 is 19.7 Å². The van der Waals surface area contributed by atoms with Crippen molar-refractivity contribution in [1.82, 2.24) is 10.2 Å². The number of likely N-dealkylation sites (tertiary alicyclic amines) is 1. The fraction of sp³-hybridized carbons (Fsp3) is 0.579. The van der Waals surface area contributed by atoms with Crippen LogP contribution in [0.2, 0.25) is 0 Å². The Morgan fingerprint density at radius 3 is 2.57 bits per heavy atom. The van der Waals surface area contributed by atoms with Crippen molar-refractivity contribution in [2.24, 2.45) is 10.9 Å². The van der Waals surface area contributed by atoms with Gasteiger partial charge in [0.15, 0.2) is 17.6 Å². The summed E-state index contributed by atoms with van der Waals surface area (Å²) in [5, 5.41) is 3.23. The molecule has 1 aliphatic rings. The minimum absolute atomic E-state index is 0. The number of carbonyl (C=O) groups excluding carboxylic acids is 1. The molecule has 0 bridgehead atoms. The molecule has 1 heterocycles. The van der Waals surface area contributed by atoms with Gasteiger partial charge in [0.2, 0.25) is 0 Å². The number of nitrogens with zero attached hydrogens (tertiary/aromatic N) is 2. The van der Waals surface area contributed by atoms with Crippen molar-refractivity contribution in [3.63, 3.8) is 0 Å². The molecule has 1 saturated heterocycles. The van der Waals surface area contributed by atoms with E-state index in [0.29, 0.717) is 13.2 Å². The number of hydrogen-bond acceptors (Lipinski definition) is 4. The number of ether oxygens (including phenoxy) is 2. The summed E-state index contributed by atoms with van der Waals surface area (Å²) in [7, 11) is 0. The maximum absolute atomic E-state index is 13.2. The van der Waals surface area contributed by atoms with Crippen LogP contribution in [0.3, 0.4) is 0 Å². The second-order valence-corrected chi connectivity index (χ2v) is 6.17. The summed E-state index contributed by atoms with van der Waals surface area (Å²) in [4.78, 5) is 18.5. The molecule has 2 rings (SSSR count). The van der Waals surface area contributed by atoms with Crippen molar-refractivity contribution in [3.8, 4) is 5.75 Å². The molecule has 1 N–H and O–H groups in total. The summed E-state index contributed by atoms with van der Waals surface area (Å²) in [6.07, 6.45) is 1.46. The van der Waals surface area contributed by atoms with Gasteiger partial charge in [-0.05, 0) is 38.8 Å². The molecule has 1 aromatic rings. The van der Waals surface area contributed by atoms with Crippen LogP contribution in [0.15, 0.2) is 23.2 Å². The van der Waals surface area contributed by atoms with Crippen molar-refractivity contribution in [2.75, 3.05) is 39.4 Å². The molecule has 6 nitrogen and oxygen atoms in total. The Kier molecular flexibility index (Phi) is 11.1. The van der Waals surface area contributed by atoms with Crippen LogP contribution < -0.4 is 10.1 Å². The predicted octanol–water partition coefficient (Wildman–Crippen LogP) is 3.20. The van der Waals surface area contributed by atoms with Crippen molar-refractivity contribution >= 4 is 35.9 Å². The lowest BCUT2D eigenvalue weighted by atomic mass is 9.97. The lowest BCUT2D eigenvalue weighted by molar-refractivity contribution is -0.149. The highest BCUT2D eigenvalue weighted by molar-refractivity contribution is 14.0. The molecule has 0 unspecified atom stereocenters. The van der Waals surface area contributed by atoms with Crippen molar-refractivity contribution < 1.29 is 23.0 Å². The summed E-state index contributed by atoms with van der Waals surface area (Å²) < 4.78 is 36.6. The number of guanidine groups is 1. The van der Waals surface area contributed by atoms with Gasteiger partial charge in [0.05, 0.1) is 19.1 Å². The third-order valence-corrected chi connectivity index (χ3v) is 4.26. The van der Waals surface area contributed by atoms with Crippen molar-refractivity contribution in [1.29, 1.82) is 0 Å². The first-order valence-corrected chi connectivity index (χ1v) is 9.32. The zero-order valence-electron chi connectivity index (χ0n) is 16.2. The van der Waals surface area contributed by atoms with Crippen LogP contribution >= 0.6 is 24.0 Å². The van der Waals surface area contributed by atoms with Crippen LogP contribution in [-0.2, 0) is 9.53 Å². The molecule has 0 radical (unpaired) electrons. The number of benzene rings is 1. The van der Waals surface area contributed by atoms with Crippen molar-refractivity contribution in [2.45, 2.75) is 26.7 Å². The lowest BCUT2D eigenvalue weighted by Crippen LogP contribution is -2.46. The summed E-state index contributed by atoms with van der Waals surface area (Å²) in [5.41, 5.74) is 0. The second-order valence-electron chi connectivity index (χ2n) is 6.17. The summed E-state index contributed by atoms with van der Waals surface area (Å²) in [6.45, 7) is 6.99. The average Bonchev–Trinajstić information content (AvgIpc) is 2.67. The first kappa shape index (κ1) is 24.4. The molecular weight excluding hydrogens is 483 g/mol. The number of nitrogens with one attached hydrogen (secondary N) is 1. The van der Waals surface area contributed by atoms with Gasteiger partial charge in [-0.3, -0.25) is 4.79 Å². The van der Waals surface area contributed by atoms with E-state index in [1.54, 1.807) is 0 Å². The smallest absolute Gasteiger partial charge is 0.309 e. The normalized spacial score (nSPS) is 15.0. The molecule has 28 heavy (non-hydrogen) atoms. The molecule has 158 valence electrons. The molecule has 1 aliphatic heterocycles. The standard InChI is InChI=1S/C19H27F2N3O3.HI/c1-3-22-19(24-10-7-14(8-11-24)18(25)26-4-2)23-9-12-27-15-5-6-16(20)17(21)13-15;/h5-6,13-14H,3-4,7-12H2,1-2H3,(H,22,23);1H. The van der Waals surface area contributed by atoms with E-state index in [4.69, 9.17) is 9.47 Å². The Bertz CT molecular complexity index is 653. The SMILES string of the molecule is CCNC(=NCCOc1ccc(F)c(F)c1)N1CCC(C(=O)OCC)CC1.I. The largest absolute Gasteiger partial charge is 0.492 e. The van der Waals surface area contributed by atoms with E-state index in [-0.39, 0.29) is 48.2 Å². The maximum Gasteiger partial charge on any atom is 0.309 e. The second kappa shape index (κ2) is 12.7. The van der Waals surface area contributed by atoms with Gasteiger partial charge in [-0.15, -0.1) is 24.0 Å². The molecule has 1 aromatic carbocycles. The fourth-order valence-corrected chi connectivity index (χ4v) is 2.89. The molecule has 0 aliphatic carbocycles. The third kappa shape index (κ3) is 7.40. The average molecular weight is 511 g/mol. The zero-order valence-corrected chi connectivity index (χ0v) is 18.6. The highest BCUT2D eigenvalue weighted by Crippen LogP contribution is 2.19. The third-order valence-electron chi connectivity index (χ3n) is 4.26. The quantitative estimate of drug-likeness (QED) is 0.200. The van der Waals surface area contributed by atoms with Gasteiger partial charge in [0.25, 0.3) is 0 Å². The number of piperidine rings is 1. The Morgan fingerprint density at radius 1 is 1.25 bits per heavy atom. The molecule has 0 spiro atoms. The van der Waals surface area contributed by atoms with Crippen LogP contribution in [-0.4, -0.2) is 56.2 Å². The van der Waals surface area contributed by atoms with E-state index < -0.39 is 11.6 Å². The Labute approximate surface area is 181 Å². The van der Waals surface area contributed by atoms with Gasteiger partial charge in [0.1, 0.15) is 12.4 Å². The number of esters is 1. The van der Waals surface area contributed by atoms with E-state index in [9.17, 15) is 13.6 Å². The van der Waals surface area contributed by atoms with Crippen LogP contribution in [0.5, 0.6) is 5.75 Å². The van der Waals surface area contributed by atoms with E-state index >= 15 is 0 Å². The molecule has 0 aromatic heterocycles. The minimum Gasteiger partial charge on any atom is -0.492 e. The van der Waals surface area contributed by atoms with E-state index in [1.165, 1.54) is 6.07 Å². The number of rotatable bonds is 7. The van der Waals surface area contributed by atoms with Gasteiger partial charge in [-0.2, -0.15) is 0 Å². The molecular formula is C19H28F2IN3O3. The first-order chi connectivity index (χ1) is 13.0. The molecule has 1 fully saturated rings. The number of hydrogen-bond donors (Lipinski definition) is 1. The molecule has 0 amide bonds. The van der Waals surface area contributed by atoms with Gasteiger partial charge in [-0.1, -0.05) is 0 Å². The number of carbonyl (C=O) groups is 1.